The van der Waals surface area contributed by atoms with Gasteiger partial charge >= 0.3 is 0 Å². The molecule has 0 saturated carbocycles. The first-order valence-electron chi connectivity index (χ1n) is 5.91. The standard InChI is InChI=1S/C12H14ClN5O/c1-3-11-15-16-17-18(11)7-12(19)14-10-5-4-8(2)6-9(10)13/h4-6H,3,7H2,1-2H3,(H,14,19). The predicted octanol–water partition coefficient (Wildman–Crippen LogP) is 1.84. The third-order valence-corrected chi connectivity index (χ3v) is 2.93. The Kier molecular flexibility index (Phi) is 4.11. The van der Waals surface area contributed by atoms with Gasteiger partial charge in [0.1, 0.15) is 6.54 Å². The number of carbonyl (C=O) groups is 1. The molecule has 1 amide bonds. The van der Waals surface area contributed by atoms with Crippen LogP contribution in [0.5, 0.6) is 0 Å². The summed E-state index contributed by atoms with van der Waals surface area (Å²) in [5.41, 5.74) is 1.63. The summed E-state index contributed by atoms with van der Waals surface area (Å²) in [5, 5.41) is 14.4. The molecule has 0 saturated heterocycles. The molecule has 0 spiro atoms. The van der Waals surface area contributed by atoms with E-state index in [9.17, 15) is 4.79 Å². The monoisotopic (exact) mass is 279 g/mol. The predicted molar refractivity (Wildman–Crippen MR) is 72.0 cm³/mol. The first kappa shape index (κ1) is 13.5. The first-order chi connectivity index (χ1) is 9.10. The molecule has 7 heteroatoms. The van der Waals surface area contributed by atoms with Crippen LogP contribution < -0.4 is 5.32 Å². The third-order valence-electron chi connectivity index (χ3n) is 2.61. The summed E-state index contributed by atoms with van der Waals surface area (Å²) in [6, 6.07) is 5.46. The second kappa shape index (κ2) is 5.79. The minimum atomic E-state index is -0.215. The van der Waals surface area contributed by atoms with E-state index in [1.54, 1.807) is 12.1 Å². The highest BCUT2D eigenvalue weighted by Gasteiger charge is 2.10. The van der Waals surface area contributed by atoms with Crippen LogP contribution in [0.4, 0.5) is 5.69 Å². The van der Waals surface area contributed by atoms with Gasteiger partial charge in [-0.1, -0.05) is 24.6 Å². The molecule has 0 atom stereocenters. The molecule has 0 fully saturated rings. The zero-order chi connectivity index (χ0) is 13.8. The molecule has 2 rings (SSSR count). The summed E-state index contributed by atoms with van der Waals surface area (Å²) in [7, 11) is 0. The van der Waals surface area contributed by atoms with Crippen molar-refractivity contribution in [1.82, 2.24) is 20.2 Å². The van der Waals surface area contributed by atoms with Gasteiger partial charge in [-0.2, -0.15) is 0 Å². The van der Waals surface area contributed by atoms with E-state index < -0.39 is 0 Å². The zero-order valence-electron chi connectivity index (χ0n) is 10.7. The third kappa shape index (κ3) is 3.29. The second-order valence-corrected chi connectivity index (χ2v) is 4.54. The fourth-order valence-electron chi connectivity index (χ4n) is 1.65. The van der Waals surface area contributed by atoms with Crippen molar-refractivity contribution in [2.45, 2.75) is 26.8 Å². The van der Waals surface area contributed by atoms with Crippen LogP contribution in [0.15, 0.2) is 18.2 Å². The number of hydrogen-bond acceptors (Lipinski definition) is 4. The van der Waals surface area contributed by atoms with Crippen molar-refractivity contribution in [3.63, 3.8) is 0 Å². The molecule has 1 N–H and O–H groups in total. The summed E-state index contributed by atoms with van der Waals surface area (Å²) in [4.78, 5) is 11.9. The van der Waals surface area contributed by atoms with E-state index in [1.807, 2.05) is 19.9 Å². The normalized spacial score (nSPS) is 10.5. The Morgan fingerprint density at radius 1 is 1.47 bits per heavy atom. The van der Waals surface area contributed by atoms with Crippen LogP contribution in [0.1, 0.15) is 18.3 Å². The van der Waals surface area contributed by atoms with E-state index >= 15 is 0 Å². The lowest BCUT2D eigenvalue weighted by atomic mass is 10.2. The minimum absolute atomic E-state index is 0.0698. The maximum Gasteiger partial charge on any atom is 0.246 e. The van der Waals surface area contributed by atoms with Crippen LogP contribution in [0, 0.1) is 6.92 Å². The molecule has 0 unspecified atom stereocenters. The number of anilines is 1. The minimum Gasteiger partial charge on any atom is -0.323 e. The van der Waals surface area contributed by atoms with Crippen LogP contribution in [-0.4, -0.2) is 26.1 Å². The fraction of sp³-hybridized carbons (Fsp3) is 0.333. The lowest BCUT2D eigenvalue weighted by molar-refractivity contribution is -0.117. The van der Waals surface area contributed by atoms with Crippen molar-refractivity contribution in [3.05, 3.63) is 34.6 Å². The number of nitrogens with zero attached hydrogens (tertiary/aromatic N) is 4. The quantitative estimate of drug-likeness (QED) is 0.927. The summed E-state index contributed by atoms with van der Waals surface area (Å²) >= 11 is 6.05. The zero-order valence-corrected chi connectivity index (χ0v) is 11.5. The molecule has 0 aliphatic heterocycles. The van der Waals surface area contributed by atoms with Gasteiger partial charge < -0.3 is 5.32 Å². The van der Waals surface area contributed by atoms with Crippen LogP contribution in [-0.2, 0) is 17.8 Å². The van der Waals surface area contributed by atoms with Crippen molar-refractivity contribution in [1.29, 1.82) is 0 Å². The number of hydrogen-bond donors (Lipinski definition) is 1. The lowest BCUT2D eigenvalue weighted by Gasteiger charge is -2.08. The Bertz CT molecular complexity index is 596. The average molecular weight is 280 g/mol. The van der Waals surface area contributed by atoms with Crippen molar-refractivity contribution in [3.8, 4) is 0 Å². The number of rotatable bonds is 4. The van der Waals surface area contributed by atoms with Gasteiger partial charge in [0, 0.05) is 6.42 Å². The number of benzene rings is 1. The number of halogens is 1. The van der Waals surface area contributed by atoms with Gasteiger partial charge in [-0.05, 0) is 35.0 Å². The molecule has 1 heterocycles. The van der Waals surface area contributed by atoms with E-state index in [4.69, 9.17) is 11.6 Å². The molecule has 6 nitrogen and oxygen atoms in total. The molecule has 2 aromatic rings. The summed E-state index contributed by atoms with van der Waals surface area (Å²) in [6.45, 7) is 3.93. The summed E-state index contributed by atoms with van der Waals surface area (Å²) in [6.07, 6.45) is 0.672. The maximum absolute atomic E-state index is 11.9. The molecule has 0 aliphatic rings. The molecule has 0 radical (unpaired) electrons. The molecule has 100 valence electrons. The van der Waals surface area contributed by atoms with Crippen LogP contribution >= 0.6 is 11.6 Å². The summed E-state index contributed by atoms with van der Waals surface area (Å²) < 4.78 is 1.47. The van der Waals surface area contributed by atoms with Gasteiger partial charge in [-0.15, -0.1) is 5.10 Å². The van der Waals surface area contributed by atoms with Gasteiger partial charge in [0.2, 0.25) is 5.91 Å². The van der Waals surface area contributed by atoms with E-state index in [-0.39, 0.29) is 12.5 Å². The molecule has 1 aromatic carbocycles. The fourth-order valence-corrected chi connectivity index (χ4v) is 1.93. The smallest absolute Gasteiger partial charge is 0.246 e. The Hall–Kier alpha value is -1.95. The Labute approximate surface area is 115 Å². The van der Waals surface area contributed by atoms with Gasteiger partial charge in [0.25, 0.3) is 0 Å². The SMILES string of the molecule is CCc1nnnn1CC(=O)Nc1ccc(C)cc1Cl. The number of aromatic nitrogens is 4. The molecule has 19 heavy (non-hydrogen) atoms. The molecular formula is C12H14ClN5O. The highest BCUT2D eigenvalue weighted by molar-refractivity contribution is 6.33. The first-order valence-corrected chi connectivity index (χ1v) is 6.29. The number of nitrogens with one attached hydrogen (secondary N) is 1. The van der Waals surface area contributed by atoms with Crippen molar-refractivity contribution < 1.29 is 4.79 Å². The number of amides is 1. The van der Waals surface area contributed by atoms with E-state index in [2.05, 4.69) is 20.8 Å². The van der Waals surface area contributed by atoms with Gasteiger partial charge in [-0.3, -0.25) is 4.79 Å². The maximum atomic E-state index is 11.9. The lowest BCUT2D eigenvalue weighted by Crippen LogP contribution is -2.21. The van der Waals surface area contributed by atoms with E-state index in [0.717, 1.165) is 5.56 Å². The van der Waals surface area contributed by atoms with Crippen LogP contribution in [0.2, 0.25) is 5.02 Å². The van der Waals surface area contributed by atoms with E-state index in [0.29, 0.717) is 23.0 Å². The largest absolute Gasteiger partial charge is 0.323 e. The number of carbonyl (C=O) groups excluding carboxylic acids is 1. The highest BCUT2D eigenvalue weighted by Crippen LogP contribution is 2.22. The highest BCUT2D eigenvalue weighted by atomic mass is 35.5. The molecular weight excluding hydrogens is 266 g/mol. The van der Waals surface area contributed by atoms with Crippen molar-refractivity contribution in [2.24, 2.45) is 0 Å². The number of tetrazole rings is 1. The van der Waals surface area contributed by atoms with Crippen molar-refractivity contribution >= 4 is 23.2 Å². The summed E-state index contributed by atoms with van der Waals surface area (Å²) in [5.74, 6) is 0.456. The van der Waals surface area contributed by atoms with Gasteiger partial charge in [-0.25, -0.2) is 4.68 Å². The van der Waals surface area contributed by atoms with Gasteiger partial charge in [0.05, 0.1) is 10.7 Å². The van der Waals surface area contributed by atoms with Crippen LogP contribution in [0.25, 0.3) is 0 Å². The van der Waals surface area contributed by atoms with E-state index in [1.165, 1.54) is 4.68 Å². The van der Waals surface area contributed by atoms with Gasteiger partial charge in [0.15, 0.2) is 5.82 Å². The Balaban J connectivity index is 2.05. The number of aryl methyl sites for hydroxylation is 2. The Morgan fingerprint density at radius 2 is 2.26 bits per heavy atom. The molecule has 0 aliphatic carbocycles. The topological polar surface area (TPSA) is 72.7 Å². The van der Waals surface area contributed by atoms with Crippen molar-refractivity contribution in [2.75, 3.05) is 5.32 Å². The second-order valence-electron chi connectivity index (χ2n) is 4.14. The average Bonchev–Trinajstić information content (AvgIpc) is 2.80. The Morgan fingerprint density at radius 3 is 2.95 bits per heavy atom. The molecule has 0 bridgehead atoms. The molecule has 1 aromatic heterocycles. The van der Waals surface area contributed by atoms with Crippen LogP contribution in [0.3, 0.4) is 0 Å².